The SMILES string of the molecule is CNc1cc(N)c(O)c2c1C[C@H]1C[C@H]3C(C)(NC)C(O)=C(C(N)=O)C(=O)[C@@]3(O)C(O)=C1C2=O. The average Bonchev–Trinajstić information content (AvgIpc) is 2.76. The van der Waals surface area contributed by atoms with Crippen LogP contribution in [0.3, 0.4) is 0 Å². The Labute approximate surface area is 188 Å². The summed E-state index contributed by atoms with van der Waals surface area (Å²) in [7, 11) is 3.09. The standard InChI is InChI=1S/C22H26N4O7/c1-21(26-3)11-5-7-4-8-10(25-2)6-9(23)15(27)13(8)16(28)12(7)18(30)22(11,33)19(31)14(17(21)29)20(24)32/h6-7,11,25-27,29-30,33H,4-5,23H2,1-3H3,(H2,24,32)/t7-,11-,21?,22-/m0/s1. The maximum Gasteiger partial charge on any atom is 0.255 e. The van der Waals surface area contributed by atoms with Crippen molar-refractivity contribution in [3.63, 3.8) is 0 Å². The Bertz CT molecular complexity index is 1200. The van der Waals surface area contributed by atoms with Crippen LogP contribution in [-0.2, 0) is 16.0 Å². The number of phenols is 1. The quantitative estimate of drug-likeness (QED) is 0.129. The van der Waals surface area contributed by atoms with Crippen molar-refractivity contribution in [1.29, 1.82) is 0 Å². The molecule has 0 aliphatic heterocycles. The summed E-state index contributed by atoms with van der Waals surface area (Å²) >= 11 is 0. The number of hydrogen-bond donors (Lipinski definition) is 8. The molecule has 0 fully saturated rings. The van der Waals surface area contributed by atoms with Gasteiger partial charge in [-0.25, -0.2) is 0 Å². The van der Waals surface area contributed by atoms with Crippen LogP contribution >= 0.6 is 0 Å². The Morgan fingerprint density at radius 2 is 1.82 bits per heavy atom. The third-order valence-corrected chi connectivity index (χ3v) is 7.44. The summed E-state index contributed by atoms with van der Waals surface area (Å²) in [6, 6.07) is 1.49. The Morgan fingerprint density at radius 3 is 2.36 bits per heavy atom. The highest BCUT2D eigenvalue weighted by Gasteiger charge is 2.66. The number of ketones is 2. The number of Topliss-reactive ketones (excluding diaryl/α,β-unsaturated/α-hetero) is 2. The summed E-state index contributed by atoms with van der Waals surface area (Å²) in [5.41, 5.74) is 6.63. The van der Waals surface area contributed by atoms with E-state index < -0.39 is 63.3 Å². The fourth-order valence-corrected chi connectivity index (χ4v) is 5.57. The summed E-state index contributed by atoms with van der Waals surface area (Å²) in [5.74, 6) is -7.20. The van der Waals surface area contributed by atoms with Crippen LogP contribution in [0.2, 0.25) is 0 Å². The van der Waals surface area contributed by atoms with Gasteiger partial charge in [-0.1, -0.05) is 0 Å². The normalized spacial score (nSPS) is 31.2. The van der Waals surface area contributed by atoms with Crippen LogP contribution in [0.1, 0.15) is 29.3 Å². The van der Waals surface area contributed by atoms with Crippen LogP contribution in [0.25, 0.3) is 0 Å². The lowest BCUT2D eigenvalue weighted by Crippen LogP contribution is -2.68. The van der Waals surface area contributed by atoms with E-state index in [2.05, 4.69) is 10.6 Å². The monoisotopic (exact) mass is 458 g/mol. The number of likely N-dealkylation sites (N-methyl/N-ethyl adjacent to an activating group) is 1. The fraction of sp³-hybridized carbons (Fsp3) is 0.409. The van der Waals surface area contributed by atoms with Gasteiger partial charge in [0.05, 0.1) is 16.8 Å². The molecule has 0 saturated carbocycles. The number of aliphatic hydroxyl groups excluding tert-OH is 2. The molecule has 0 saturated heterocycles. The van der Waals surface area contributed by atoms with Crippen molar-refractivity contribution in [2.45, 2.75) is 30.9 Å². The molecule has 0 spiro atoms. The van der Waals surface area contributed by atoms with Crippen molar-refractivity contribution >= 4 is 28.8 Å². The molecule has 10 N–H and O–H groups in total. The molecular weight excluding hydrogens is 432 g/mol. The fourth-order valence-electron chi connectivity index (χ4n) is 5.57. The summed E-state index contributed by atoms with van der Waals surface area (Å²) in [6.45, 7) is 1.47. The summed E-state index contributed by atoms with van der Waals surface area (Å²) in [5, 5.41) is 49.8. The van der Waals surface area contributed by atoms with E-state index in [4.69, 9.17) is 11.5 Å². The molecule has 3 aliphatic carbocycles. The van der Waals surface area contributed by atoms with Crippen LogP contribution in [0.4, 0.5) is 11.4 Å². The predicted molar refractivity (Wildman–Crippen MR) is 118 cm³/mol. The van der Waals surface area contributed by atoms with Gasteiger partial charge in [0.15, 0.2) is 11.4 Å². The zero-order valence-electron chi connectivity index (χ0n) is 18.3. The lowest BCUT2D eigenvalue weighted by Gasteiger charge is -2.53. The molecular formula is C22H26N4O7. The zero-order chi connectivity index (χ0) is 24.6. The zero-order valence-corrected chi connectivity index (χ0v) is 18.3. The Morgan fingerprint density at radius 1 is 1.18 bits per heavy atom. The number of rotatable bonds is 3. The van der Waals surface area contributed by atoms with Crippen molar-refractivity contribution in [3.8, 4) is 5.75 Å². The molecule has 1 amide bonds. The van der Waals surface area contributed by atoms with Crippen LogP contribution in [-0.4, -0.2) is 63.1 Å². The van der Waals surface area contributed by atoms with Crippen molar-refractivity contribution < 1.29 is 34.8 Å². The van der Waals surface area contributed by atoms with Gasteiger partial charge in [-0.15, -0.1) is 0 Å². The van der Waals surface area contributed by atoms with Gasteiger partial charge in [-0.2, -0.15) is 0 Å². The van der Waals surface area contributed by atoms with Gasteiger partial charge >= 0.3 is 0 Å². The maximum atomic E-state index is 13.5. The first-order valence-corrected chi connectivity index (χ1v) is 10.4. The average molecular weight is 458 g/mol. The number of fused-ring (bicyclic) bond motifs is 3. The molecule has 11 nitrogen and oxygen atoms in total. The van der Waals surface area contributed by atoms with Crippen molar-refractivity contribution in [2.24, 2.45) is 17.6 Å². The van der Waals surface area contributed by atoms with E-state index in [0.717, 1.165) is 0 Å². The first-order valence-electron chi connectivity index (χ1n) is 10.4. The molecule has 0 bridgehead atoms. The molecule has 1 unspecified atom stereocenters. The first-order chi connectivity index (χ1) is 15.4. The van der Waals surface area contributed by atoms with Crippen molar-refractivity contribution in [1.82, 2.24) is 5.32 Å². The van der Waals surface area contributed by atoms with Gasteiger partial charge < -0.3 is 42.5 Å². The van der Waals surface area contributed by atoms with Crippen molar-refractivity contribution in [2.75, 3.05) is 25.1 Å². The van der Waals surface area contributed by atoms with Crippen LogP contribution < -0.4 is 22.1 Å². The Balaban J connectivity index is 2.01. The topological polar surface area (TPSA) is 208 Å². The number of nitrogens with one attached hydrogen (secondary N) is 2. The lowest BCUT2D eigenvalue weighted by atomic mass is 9.55. The largest absolute Gasteiger partial charge is 0.509 e. The minimum Gasteiger partial charge on any atom is -0.509 e. The second kappa shape index (κ2) is 6.96. The van der Waals surface area contributed by atoms with E-state index in [1.54, 1.807) is 7.05 Å². The molecule has 0 radical (unpaired) electrons. The van der Waals surface area contributed by atoms with E-state index >= 15 is 0 Å². The minimum atomic E-state index is -2.70. The number of aliphatic hydroxyl groups is 3. The van der Waals surface area contributed by atoms with E-state index in [-0.39, 0.29) is 29.7 Å². The highest BCUT2D eigenvalue weighted by Crippen LogP contribution is 2.55. The Kier molecular flexibility index (Phi) is 4.77. The lowest BCUT2D eigenvalue weighted by molar-refractivity contribution is -0.150. The van der Waals surface area contributed by atoms with Gasteiger partial charge in [-0.3, -0.25) is 14.4 Å². The molecule has 1 aromatic carbocycles. The van der Waals surface area contributed by atoms with Crippen LogP contribution in [0, 0.1) is 11.8 Å². The molecule has 1 aromatic rings. The third-order valence-electron chi connectivity index (χ3n) is 7.44. The van der Waals surface area contributed by atoms with Gasteiger partial charge in [0.1, 0.15) is 22.8 Å². The van der Waals surface area contributed by atoms with E-state index in [1.165, 1.54) is 20.0 Å². The number of carbonyl (C=O) groups excluding carboxylic acids is 3. The van der Waals surface area contributed by atoms with Gasteiger partial charge in [-0.05, 0) is 44.4 Å². The second-order valence-electron chi connectivity index (χ2n) is 8.88. The molecule has 0 heterocycles. The maximum absolute atomic E-state index is 13.5. The molecule has 3 aliphatic rings. The second-order valence-corrected chi connectivity index (χ2v) is 8.88. The van der Waals surface area contributed by atoms with Gasteiger partial charge in [0, 0.05) is 24.2 Å². The number of nitrogens with two attached hydrogens (primary N) is 2. The third kappa shape index (κ3) is 2.60. The summed E-state index contributed by atoms with van der Waals surface area (Å²) in [6.07, 6.45) is 0.173. The van der Waals surface area contributed by atoms with E-state index in [0.29, 0.717) is 11.3 Å². The minimum absolute atomic E-state index is 0.00541. The van der Waals surface area contributed by atoms with Gasteiger partial charge in [0.2, 0.25) is 5.78 Å². The number of anilines is 2. The summed E-state index contributed by atoms with van der Waals surface area (Å²) in [4.78, 5) is 38.7. The number of hydrogen-bond acceptors (Lipinski definition) is 10. The molecule has 4 atom stereocenters. The molecule has 11 heteroatoms. The number of aromatic hydroxyl groups is 1. The number of carbonyl (C=O) groups is 3. The van der Waals surface area contributed by atoms with Gasteiger partial charge in [0.25, 0.3) is 5.91 Å². The van der Waals surface area contributed by atoms with E-state index in [1.807, 2.05) is 0 Å². The molecule has 0 aromatic heterocycles. The highest BCUT2D eigenvalue weighted by atomic mass is 16.3. The highest BCUT2D eigenvalue weighted by molar-refractivity contribution is 6.25. The number of benzene rings is 1. The summed E-state index contributed by atoms with van der Waals surface area (Å²) < 4.78 is 0. The first kappa shape index (κ1) is 22.6. The number of primary amides is 1. The molecule has 4 rings (SSSR count). The number of amides is 1. The smallest absolute Gasteiger partial charge is 0.255 e. The Hall–Kier alpha value is -3.57. The van der Waals surface area contributed by atoms with Crippen LogP contribution in [0.5, 0.6) is 5.75 Å². The van der Waals surface area contributed by atoms with Crippen molar-refractivity contribution in [3.05, 3.63) is 39.9 Å². The number of allylic oxidation sites excluding steroid dienone is 1. The predicted octanol–water partition coefficient (Wildman–Crippen LogP) is -0.208. The van der Waals surface area contributed by atoms with E-state index in [9.17, 15) is 34.8 Å². The van der Waals surface area contributed by atoms with Crippen LogP contribution in [0.15, 0.2) is 28.7 Å². The molecule has 176 valence electrons. The number of nitrogen functional groups attached to an aromatic ring is 1. The molecule has 33 heavy (non-hydrogen) atoms. The number of phenolic OH excluding ortho intramolecular Hbond substituents is 1.